The van der Waals surface area contributed by atoms with Gasteiger partial charge in [-0.1, -0.05) is 0 Å². The number of likely N-dealkylation sites (N-methyl/N-ethyl adjacent to an activating group) is 1. The van der Waals surface area contributed by atoms with E-state index in [1.165, 1.54) is 20.1 Å². The van der Waals surface area contributed by atoms with Crippen LogP contribution >= 0.6 is 0 Å². The first-order valence-electron chi connectivity index (χ1n) is 8.40. The highest BCUT2D eigenvalue weighted by atomic mass is 19.4. The fourth-order valence-electron chi connectivity index (χ4n) is 2.36. The molecule has 0 saturated carbocycles. The summed E-state index contributed by atoms with van der Waals surface area (Å²) < 4.78 is 43.7. The number of ether oxygens (including phenoxy) is 1. The summed E-state index contributed by atoms with van der Waals surface area (Å²) in [5.41, 5.74) is -0.271. The Morgan fingerprint density at radius 1 is 1.29 bits per heavy atom. The maximum absolute atomic E-state index is 12.8. The highest BCUT2D eigenvalue weighted by molar-refractivity contribution is 5.95. The van der Waals surface area contributed by atoms with E-state index >= 15 is 0 Å². The predicted octanol–water partition coefficient (Wildman–Crippen LogP) is 2.85. The van der Waals surface area contributed by atoms with E-state index in [1.807, 2.05) is 19.0 Å². The Balaban J connectivity index is 2.16. The number of nitrogens with one attached hydrogen (secondary N) is 2. The molecule has 0 unspecified atom stereocenters. The Morgan fingerprint density at radius 3 is 2.57 bits per heavy atom. The molecule has 2 N–H and O–H groups in total. The standard InChI is InChI=1S/C18H22F3N5O2/c1-11-13(18(19,20)21)10-23-17(24-11)25-14-6-5-12(9-15(14)28-4)16(27)22-7-8-26(2)3/h5-6,9-10H,7-8H2,1-4H3,(H,22,27)(H,23,24,25). The number of alkyl halides is 3. The molecule has 10 heteroatoms. The van der Waals surface area contributed by atoms with Crippen molar-refractivity contribution in [3.8, 4) is 5.75 Å². The van der Waals surface area contributed by atoms with Crippen LogP contribution in [0.3, 0.4) is 0 Å². The van der Waals surface area contributed by atoms with Gasteiger partial charge in [0.1, 0.15) is 5.75 Å². The van der Waals surface area contributed by atoms with Crippen LogP contribution in [0, 0.1) is 6.92 Å². The third-order valence-corrected chi connectivity index (χ3v) is 3.84. The van der Waals surface area contributed by atoms with Gasteiger partial charge in [0.2, 0.25) is 5.95 Å². The van der Waals surface area contributed by atoms with Crippen molar-refractivity contribution in [3.05, 3.63) is 41.2 Å². The summed E-state index contributed by atoms with van der Waals surface area (Å²) in [5.74, 6) is 0.0710. The molecule has 1 heterocycles. The molecule has 0 fully saturated rings. The molecule has 1 aromatic heterocycles. The van der Waals surface area contributed by atoms with Crippen LogP contribution in [-0.4, -0.2) is 55.1 Å². The summed E-state index contributed by atoms with van der Waals surface area (Å²) >= 11 is 0. The van der Waals surface area contributed by atoms with E-state index in [9.17, 15) is 18.0 Å². The maximum Gasteiger partial charge on any atom is 0.419 e. The first-order valence-corrected chi connectivity index (χ1v) is 8.40. The quantitative estimate of drug-likeness (QED) is 0.748. The molecule has 0 radical (unpaired) electrons. The fraction of sp³-hybridized carbons (Fsp3) is 0.389. The van der Waals surface area contributed by atoms with Crippen molar-refractivity contribution in [2.75, 3.05) is 39.6 Å². The lowest BCUT2D eigenvalue weighted by Gasteiger charge is -2.14. The van der Waals surface area contributed by atoms with E-state index in [0.29, 0.717) is 30.1 Å². The van der Waals surface area contributed by atoms with Gasteiger partial charge in [0.05, 0.1) is 24.1 Å². The van der Waals surface area contributed by atoms with Gasteiger partial charge >= 0.3 is 6.18 Å². The number of hydrogen-bond donors (Lipinski definition) is 2. The Bertz CT molecular complexity index is 840. The van der Waals surface area contributed by atoms with Gasteiger partial charge in [0, 0.05) is 24.8 Å². The lowest BCUT2D eigenvalue weighted by molar-refractivity contribution is -0.138. The number of methoxy groups -OCH3 is 1. The number of carbonyl (C=O) groups is 1. The third-order valence-electron chi connectivity index (χ3n) is 3.84. The molecule has 0 aliphatic heterocycles. The third kappa shape index (κ3) is 5.56. The van der Waals surface area contributed by atoms with Gasteiger partial charge in [-0.25, -0.2) is 9.97 Å². The molecule has 28 heavy (non-hydrogen) atoms. The average Bonchev–Trinajstić information content (AvgIpc) is 2.60. The fourth-order valence-corrected chi connectivity index (χ4v) is 2.36. The summed E-state index contributed by atoms with van der Waals surface area (Å²) in [6.45, 7) is 2.45. The topological polar surface area (TPSA) is 79.4 Å². The first kappa shape index (κ1) is 21.4. The predicted molar refractivity (Wildman–Crippen MR) is 98.9 cm³/mol. The van der Waals surface area contributed by atoms with Crippen LogP contribution in [0.4, 0.5) is 24.8 Å². The van der Waals surface area contributed by atoms with Crippen molar-refractivity contribution in [2.24, 2.45) is 0 Å². The van der Waals surface area contributed by atoms with Crippen LogP contribution in [0.15, 0.2) is 24.4 Å². The number of rotatable bonds is 7. The number of anilines is 2. The maximum atomic E-state index is 12.8. The average molecular weight is 397 g/mol. The lowest BCUT2D eigenvalue weighted by atomic mass is 10.1. The second-order valence-corrected chi connectivity index (χ2v) is 6.29. The SMILES string of the molecule is COc1cc(C(=O)NCCN(C)C)ccc1Nc1ncc(C(F)(F)F)c(C)n1. The van der Waals surface area contributed by atoms with Crippen molar-refractivity contribution in [1.29, 1.82) is 0 Å². The van der Waals surface area contributed by atoms with Crippen molar-refractivity contribution in [3.63, 3.8) is 0 Å². The molecular formula is C18H22F3N5O2. The molecule has 7 nitrogen and oxygen atoms in total. The van der Waals surface area contributed by atoms with Crippen LogP contribution in [0.1, 0.15) is 21.6 Å². The smallest absolute Gasteiger partial charge is 0.419 e. The summed E-state index contributed by atoms with van der Waals surface area (Å²) in [7, 11) is 5.23. The van der Waals surface area contributed by atoms with Gasteiger partial charge in [-0.2, -0.15) is 13.2 Å². The molecule has 152 valence electrons. The number of carbonyl (C=O) groups excluding carboxylic acids is 1. The number of nitrogens with zero attached hydrogens (tertiary/aromatic N) is 3. The van der Waals surface area contributed by atoms with Crippen LogP contribution < -0.4 is 15.4 Å². The Labute approximate surface area is 160 Å². The number of amides is 1. The molecule has 0 bridgehead atoms. The van der Waals surface area contributed by atoms with E-state index in [-0.39, 0.29) is 17.5 Å². The number of halogens is 3. The van der Waals surface area contributed by atoms with E-state index in [0.717, 1.165) is 6.20 Å². The number of aromatic nitrogens is 2. The van der Waals surface area contributed by atoms with Gasteiger partial charge in [0.15, 0.2) is 0 Å². The molecule has 2 rings (SSSR count). The Kier molecular flexibility index (Phi) is 6.79. The van der Waals surface area contributed by atoms with E-state index in [1.54, 1.807) is 12.1 Å². The van der Waals surface area contributed by atoms with Crippen molar-refractivity contribution >= 4 is 17.5 Å². The number of hydrogen-bond acceptors (Lipinski definition) is 6. The van der Waals surface area contributed by atoms with E-state index in [2.05, 4.69) is 20.6 Å². The Hall–Kier alpha value is -2.88. The van der Waals surface area contributed by atoms with Crippen LogP contribution in [-0.2, 0) is 6.18 Å². The van der Waals surface area contributed by atoms with Gasteiger partial charge < -0.3 is 20.3 Å². The summed E-state index contributed by atoms with van der Waals surface area (Å²) in [5, 5.41) is 5.61. The molecule has 1 amide bonds. The molecule has 0 saturated heterocycles. The van der Waals surface area contributed by atoms with Crippen molar-refractivity contribution in [2.45, 2.75) is 13.1 Å². The first-order chi connectivity index (χ1) is 13.1. The highest BCUT2D eigenvalue weighted by Gasteiger charge is 2.33. The number of benzene rings is 1. The minimum absolute atomic E-state index is 0.00742. The van der Waals surface area contributed by atoms with E-state index < -0.39 is 11.7 Å². The summed E-state index contributed by atoms with van der Waals surface area (Å²) in [6.07, 6.45) is -3.79. The minimum atomic E-state index is -4.51. The largest absolute Gasteiger partial charge is 0.495 e. The highest BCUT2D eigenvalue weighted by Crippen LogP contribution is 2.32. The van der Waals surface area contributed by atoms with Crippen molar-refractivity contribution in [1.82, 2.24) is 20.2 Å². The normalized spacial score (nSPS) is 11.4. The zero-order valence-electron chi connectivity index (χ0n) is 16.0. The summed E-state index contributed by atoms with van der Waals surface area (Å²) in [6, 6.07) is 4.69. The molecule has 0 atom stereocenters. The molecule has 2 aromatic rings. The lowest BCUT2D eigenvalue weighted by Crippen LogP contribution is -2.31. The van der Waals surface area contributed by atoms with Gasteiger partial charge in [-0.15, -0.1) is 0 Å². The van der Waals surface area contributed by atoms with E-state index in [4.69, 9.17) is 4.74 Å². The molecule has 1 aromatic carbocycles. The second-order valence-electron chi connectivity index (χ2n) is 6.29. The van der Waals surface area contributed by atoms with Crippen LogP contribution in [0.5, 0.6) is 5.75 Å². The zero-order valence-corrected chi connectivity index (χ0v) is 16.0. The molecular weight excluding hydrogens is 375 g/mol. The van der Waals surface area contributed by atoms with Gasteiger partial charge in [-0.05, 0) is 39.2 Å². The van der Waals surface area contributed by atoms with Gasteiger partial charge in [-0.3, -0.25) is 4.79 Å². The molecule has 0 aliphatic rings. The zero-order chi connectivity index (χ0) is 20.9. The number of aryl methyl sites for hydroxylation is 1. The molecule has 0 spiro atoms. The monoisotopic (exact) mass is 397 g/mol. The summed E-state index contributed by atoms with van der Waals surface area (Å²) in [4.78, 5) is 21.7. The van der Waals surface area contributed by atoms with Crippen molar-refractivity contribution < 1.29 is 22.7 Å². The molecule has 0 aliphatic carbocycles. The minimum Gasteiger partial charge on any atom is -0.495 e. The van der Waals surface area contributed by atoms with Crippen LogP contribution in [0.2, 0.25) is 0 Å². The Morgan fingerprint density at radius 2 is 2.00 bits per heavy atom. The van der Waals surface area contributed by atoms with Gasteiger partial charge in [0.25, 0.3) is 5.91 Å². The van der Waals surface area contributed by atoms with Crippen LogP contribution in [0.25, 0.3) is 0 Å². The second kappa shape index (κ2) is 8.87.